The molecule has 1 fully saturated rings. The van der Waals surface area contributed by atoms with Gasteiger partial charge in [0.05, 0.1) is 0 Å². The van der Waals surface area contributed by atoms with E-state index in [0.29, 0.717) is 12.6 Å². The average Bonchev–Trinajstić information content (AvgIpc) is 2.76. The Hall–Kier alpha value is -2.19. The molecule has 1 aromatic carbocycles. The zero-order chi connectivity index (χ0) is 21.2. The number of benzene rings is 1. The van der Waals surface area contributed by atoms with Crippen molar-refractivity contribution in [3.8, 4) is 0 Å². The van der Waals surface area contributed by atoms with E-state index in [1.165, 1.54) is 37.7 Å². The number of rotatable bonds is 10. The summed E-state index contributed by atoms with van der Waals surface area (Å²) < 4.78 is 38.1. The van der Waals surface area contributed by atoms with Gasteiger partial charge >= 0.3 is 6.18 Å². The van der Waals surface area contributed by atoms with Gasteiger partial charge in [0.25, 0.3) is 0 Å². The molecule has 1 aromatic heterocycles. The predicted molar refractivity (Wildman–Crippen MR) is 112 cm³/mol. The minimum Gasteiger partial charge on any atom is -0.350 e. The molecule has 3 N–H and O–H groups in total. The smallest absolute Gasteiger partial charge is 0.350 e. The van der Waals surface area contributed by atoms with Gasteiger partial charge in [-0.05, 0) is 49.5 Å². The van der Waals surface area contributed by atoms with E-state index in [-0.39, 0.29) is 5.95 Å². The van der Waals surface area contributed by atoms with Gasteiger partial charge in [-0.3, -0.25) is 0 Å². The first-order valence-corrected chi connectivity index (χ1v) is 10.7. The molecule has 0 unspecified atom stereocenters. The van der Waals surface area contributed by atoms with Crippen LogP contribution >= 0.6 is 0 Å². The molecule has 0 radical (unpaired) electrons. The number of anilines is 1. The van der Waals surface area contributed by atoms with E-state index in [9.17, 15) is 13.2 Å². The minimum atomic E-state index is -4.47. The number of nitrogens with zero attached hydrogens (tertiary/aromatic N) is 2. The molecule has 3 rings (SSSR count). The molecule has 8 heteroatoms. The van der Waals surface area contributed by atoms with Gasteiger partial charge in [-0.25, -0.2) is 9.97 Å². The van der Waals surface area contributed by atoms with Gasteiger partial charge in [0.2, 0.25) is 5.95 Å². The van der Waals surface area contributed by atoms with Crippen LogP contribution in [0.2, 0.25) is 0 Å². The number of nitrogens with one attached hydrogen (secondary N) is 3. The van der Waals surface area contributed by atoms with Gasteiger partial charge in [0.15, 0.2) is 0 Å². The van der Waals surface area contributed by atoms with E-state index >= 15 is 0 Å². The zero-order valence-electron chi connectivity index (χ0n) is 17.1. The Morgan fingerprint density at radius 1 is 0.900 bits per heavy atom. The molecule has 0 spiro atoms. The Kier molecular flexibility index (Phi) is 8.45. The van der Waals surface area contributed by atoms with E-state index in [1.807, 2.05) is 24.3 Å². The summed E-state index contributed by atoms with van der Waals surface area (Å²) in [6, 6.07) is 9.54. The molecule has 30 heavy (non-hydrogen) atoms. The lowest BCUT2D eigenvalue weighted by Crippen LogP contribution is -2.33. The summed E-state index contributed by atoms with van der Waals surface area (Å²) in [4.78, 5) is 7.35. The third-order valence-electron chi connectivity index (χ3n) is 5.32. The first-order valence-electron chi connectivity index (χ1n) is 10.7. The standard InChI is InChI=1S/C22H30F3N5/c23-22(24,25)20-11-14-28-21(30-20)29-16-18-9-7-17(8-10-18)15-26-12-4-13-27-19-5-2-1-3-6-19/h7-11,14,19,26-27H,1-6,12-13,15-16H2,(H,28,29,30). The fourth-order valence-corrected chi connectivity index (χ4v) is 3.62. The van der Waals surface area contributed by atoms with Crippen LogP contribution in [0, 0.1) is 0 Å². The number of halogens is 3. The molecule has 1 aliphatic carbocycles. The lowest BCUT2D eigenvalue weighted by Gasteiger charge is -2.22. The second kappa shape index (κ2) is 11.3. The zero-order valence-corrected chi connectivity index (χ0v) is 17.1. The largest absolute Gasteiger partial charge is 0.433 e. The first kappa shape index (κ1) is 22.5. The van der Waals surface area contributed by atoms with Gasteiger partial charge < -0.3 is 16.0 Å². The maximum absolute atomic E-state index is 12.7. The number of hydrogen-bond donors (Lipinski definition) is 3. The van der Waals surface area contributed by atoms with Crippen LogP contribution in [0.15, 0.2) is 36.5 Å². The summed E-state index contributed by atoms with van der Waals surface area (Å²) in [7, 11) is 0. The van der Waals surface area contributed by atoms with Crippen molar-refractivity contribution in [2.24, 2.45) is 0 Å². The molecule has 1 heterocycles. The Balaban J connectivity index is 1.33. The maximum Gasteiger partial charge on any atom is 0.433 e. The highest BCUT2D eigenvalue weighted by atomic mass is 19.4. The van der Waals surface area contributed by atoms with Crippen LogP contribution in [0.5, 0.6) is 0 Å². The van der Waals surface area contributed by atoms with Crippen LogP contribution in [-0.4, -0.2) is 29.1 Å². The van der Waals surface area contributed by atoms with E-state index < -0.39 is 11.9 Å². The fraction of sp³-hybridized carbons (Fsp3) is 0.545. The van der Waals surface area contributed by atoms with Crippen molar-refractivity contribution < 1.29 is 13.2 Å². The third-order valence-corrected chi connectivity index (χ3v) is 5.32. The summed E-state index contributed by atoms with van der Waals surface area (Å²) >= 11 is 0. The Bertz CT molecular complexity index is 758. The first-order chi connectivity index (χ1) is 14.5. The van der Waals surface area contributed by atoms with E-state index in [4.69, 9.17) is 0 Å². The molecule has 164 valence electrons. The van der Waals surface area contributed by atoms with Crippen molar-refractivity contribution >= 4 is 5.95 Å². The van der Waals surface area contributed by atoms with Crippen molar-refractivity contribution in [2.45, 2.75) is 63.8 Å². The molecule has 0 atom stereocenters. The van der Waals surface area contributed by atoms with Crippen LogP contribution < -0.4 is 16.0 Å². The highest BCUT2D eigenvalue weighted by Gasteiger charge is 2.32. The minimum absolute atomic E-state index is 0.0302. The van der Waals surface area contributed by atoms with Gasteiger partial charge in [0, 0.05) is 25.3 Å². The lowest BCUT2D eigenvalue weighted by molar-refractivity contribution is -0.141. The van der Waals surface area contributed by atoms with Crippen LogP contribution in [0.25, 0.3) is 0 Å². The molecule has 0 saturated heterocycles. The van der Waals surface area contributed by atoms with E-state index in [2.05, 4.69) is 25.9 Å². The molecule has 5 nitrogen and oxygen atoms in total. The molecule has 0 bridgehead atoms. The predicted octanol–water partition coefficient (Wildman–Crippen LogP) is 4.51. The van der Waals surface area contributed by atoms with Gasteiger partial charge in [-0.2, -0.15) is 13.2 Å². The fourth-order valence-electron chi connectivity index (χ4n) is 3.62. The molecule has 1 aliphatic rings. The SMILES string of the molecule is FC(F)(F)c1ccnc(NCc2ccc(CNCCCNC3CCCCC3)cc2)n1. The van der Waals surface area contributed by atoms with Gasteiger partial charge in [-0.15, -0.1) is 0 Å². The van der Waals surface area contributed by atoms with Crippen LogP contribution in [0.4, 0.5) is 19.1 Å². The summed E-state index contributed by atoms with van der Waals surface area (Å²) in [5, 5.41) is 9.94. The van der Waals surface area contributed by atoms with Crippen molar-refractivity contribution in [3.63, 3.8) is 0 Å². The molecule has 2 aromatic rings. The third kappa shape index (κ3) is 7.57. The van der Waals surface area contributed by atoms with Gasteiger partial charge in [-0.1, -0.05) is 43.5 Å². The number of hydrogen-bond acceptors (Lipinski definition) is 5. The summed E-state index contributed by atoms with van der Waals surface area (Å²) in [6.45, 7) is 3.19. The quantitative estimate of drug-likeness (QED) is 0.493. The molecule has 0 aliphatic heterocycles. The Labute approximate surface area is 175 Å². The van der Waals surface area contributed by atoms with E-state index in [1.54, 1.807) is 0 Å². The summed E-state index contributed by atoms with van der Waals surface area (Å²) in [5.74, 6) is -0.0302. The molecule has 0 amide bonds. The average molecular weight is 422 g/mol. The van der Waals surface area contributed by atoms with Crippen molar-refractivity contribution in [1.82, 2.24) is 20.6 Å². The maximum atomic E-state index is 12.7. The highest BCUT2D eigenvalue weighted by molar-refractivity contribution is 5.30. The van der Waals surface area contributed by atoms with Crippen molar-refractivity contribution in [2.75, 3.05) is 18.4 Å². The summed E-state index contributed by atoms with van der Waals surface area (Å²) in [5.41, 5.74) is 1.18. The number of aromatic nitrogens is 2. The number of alkyl halides is 3. The van der Waals surface area contributed by atoms with Gasteiger partial charge in [0.1, 0.15) is 5.69 Å². The van der Waals surface area contributed by atoms with Crippen molar-refractivity contribution in [1.29, 1.82) is 0 Å². The van der Waals surface area contributed by atoms with E-state index in [0.717, 1.165) is 43.9 Å². The second-order valence-electron chi connectivity index (χ2n) is 7.75. The molecule has 1 saturated carbocycles. The highest BCUT2D eigenvalue weighted by Crippen LogP contribution is 2.27. The topological polar surface area (TPSA) is 61.9 Å². The Morgan fingerprint density at radius 3 is 2.30 bits per heavy atom. The molecular formula is C22H30F3N5. The normalized spacial score (nSPS) is 15.3. The molecular weight excluding hydrogens is 391 g/mol. The van der Waals surface area contributed by atoms with Crippen LogP contribution in [-0.2, 0) is 19.3 Å². The monoisotopic (exact) mass is 421 g/mol. The van der Waals surface area contributed by atoms with Crippen LogP contribution in [0.3, 0.4) is 0 Å². The summed E-state index contributed by atoms with van der Waals surface area (Å²) in [6.07, 6.45) is 4.46. The second-order valence-corrected chi connectivity index (χ2v) is 7.75. The van der Waals surface area contributed by atoms with Crippen molar-refractivity contribution in [3.05, 3.63) is 53.3 Å². The van der Waals surface area contributed by atoms with Crippen LogP contribution in [0.1, 0.15) is 55.3 Å². The lowest BCUT2D eigenvalue weighted by atomic mass is 9.95. The Morgan fingerprint density at radius 2 is 1.60 bits per heavy atom.